The standard InChI is InChI=1S/C63H118O14Si4/c1-30-36-42(7)56-63(22,73-56)57(77-80(28,29)62(19,20)21)48(41-72-59(68)71-38-32-3)53(76-81(33-4,34-5)35-6)45(10)50(65)40-49(64)43(8)39-44(9)52(74-78(24,25)60(13,14)15)46(11)51(66)47(12)54(69-23)55(58(67)70-37-31-2)75-79(26,27)61(16,17)18/h30-32,36,39,42-43,45-48,50,52-57,65H,2-3,33-35,37-38,40-41H2,1,4-29H3/b36-30-,44-39+/t42-,43-,45+,46-,47+,48-,50-,52-,53+,54-,55+,56+,57-,63+/m0/s1. The molecule has 1 fully saturated rings. The Kier molecular flexibility index (Phi) is 29.6. The van der Waals surface area contributed by atoms with E-state index in [1.807, 2.05) is 59.9 Å². The van der Waals surface area contributed by atoms with Crippen molar-refractivity contribution in [3.05, 3.63) is 49.1 Å². The average molecular weight is 1210 g/mol. The van der Waals surface area contributed by atoms with Crippen molar-refractivity contribution in [3.63, 3.8) is 0 Å². The zero-order valence-corrected chi connectivity index (χ0v) is 60.0. The highest BCUT2D eigenvalue weighted by molar-refractivity contribution is 6.75. The first-order valence-corrected chi connectivity index (χ1v) is 41.3. The van der Waals surface area contributed by atoms with Gasteiger partial charge in [-0.3, -0.25) is 9.59 Å². The summed E-state index contributed by atoms with van der Waals surface area (Å²) in [6.45, 7) is 60.9. The molecule has 0 unspecified atom stereocenters. The Labute approximate surface area is 497 Å². The molecule has 0 aromatic heterocycles. The summed E-state index contributed by atoms with van der Waals surface area (Å²) in [6.07, 6.45) is 2.13. The van der Waals surface area contributed by atoms with Gasteiger partial charge in [-0.2, -0.15) is 0 Å². The minimum absolute atomic E-state index is 0.0269. The maximum absolute atomic E-state index is 15.1. The molecule has 81 heavy (non-hydrogen) atoms. The van der Waals surface area contributed by atoms with E-state index in [0.29, 0.717) is 5.57 Å². The largest absolute Gasteiger partial charge is 0.508 e. The fourth-order valence-corrected chi connectivity index (χ4v) is 16.9. The van der Waals surface area contributed by atoms with Crippen LogP contribution in [0.5, 0.6) is 0 Å². The van der Waals surface area contributed by atoms with E-state index < -0.39 is 117 Å². The van der Waals surface area contributed by atoms with Crippen LogP contribution in [0.1, 0.15) is 145 Å². The van der Waals surface area contributed by atoms with Crippen LogP contribution in [0, 0.1) is 35.5 Å². The van der Waals surface area contributed by atoms with Crippen LogP contribution in [0.3, 0.4) is 0 Å². The van der Waals surface area contributed by atoms with Gasteiger partial charge in [0.05, 0.1) is 30.5 Å². The number of aliphatic hydroxyl groups excluding tert-OH is 1. The fraction of sp³-hybridized carbons (Fsp3) is 0.810. The van der Waals surface area contributed by atoms with E-state index >= 15 is 4.79 Å². The van der Waals surface area contributed by atoms with Crippen molar-refractivity contribution in [2.45, 2.75) is 266 Å². The first-order valence-electron chi connectivity index (χ1n) is 30.1. The summed E-state index contributed by atoms with van der Waals surface area (Å²) < 4.78 is 58.7. The number of carbonyl (C=O) groups is 4. The van der Waals surface area contributed by atoms with Gasteiger partial charge < -0.3 is 46.5 Å². The van der Waals surface area contributed by atoms with E-state index in [0.717, 1.165) is 18.1 Å². The zero-order chi connectivity index (χ0) is 63.2. The number of ketones is 2. The summed E-state index contributed by atoms with van der Waals surface area (Å²) in [7, 11) is -8.87. The third-order valence-electron chi connectivity index (χ3n) is 18.9. The van der Waals surface area contributed by atoms with Crippen LogP contribution >= 0.6 is 0 Å². The normalized spacial score (nSPS) is 21.5. The Bertz CT molecular complexity index is 2090. The summed E-state index contributed by atoms with van der Waals surface area (Å²) >= 11 is 0. The van der Waals surface area contributed by atoms with Gasteiger partial charge in [-0.15, -0.1) is 0 Å². The number of Topliss-reactive ketones (excluding diaryl/α,β-unsaturated/α-hetero) is 2. The predicted molar refractivity (Wildman–Crippen MR) is 340 cm³/mol. The molecule has 18 heteroatoms. The third-order valence-corrected chi connectivity index (χ3v) is 37.0. The molecular weight excluding hydrogens is 1090 g/mol. The molecule has 0 spiro atoms. The molecule has 0 aromatic carbocycles. The predicted octanol–water partition coefficient (Wildman–Crippen LogP) is 15.0. The highest BCUT2D eigenvalue weighted by atomic mass is 28.4. The van der Waals surface area contributed by atoms with E-state index in [1.165, 1.54) is 19.3 Å². The number of ether oxygens (including phenoxy) is 5. The van der Waals surface area contributed by atoms with Crippen LogP contribution in [-0.4, -0.2) is 137 Å². The second-order valence-corrected chi connectivity index (χ2v) is 47.0. The molecule has 1 aliphatic rings. The molecule has 0 aromatic rings. The third kappa shape index (κ3) is 20.7. The second-order valence-electron chi connectivity index (χ2n) is 28.0. The van der Waals surface area contributed by atoms with Crippen LogP contribution < -0.4 is 0 Å². The van der Waals surface area contributed by atoms with E-state index in [9.17, 15) is 19.5 Å². The molecular formula is C63H118O14Si4. The number of epoxide rings is 1. The van der Waals surface area contributed by atoms with E-state index in [2.05, 4.69) is 142 Å². The van der Waals surface area contributed by atoms with Gasteiger partial charge in [0.2, 0.25) is 0 Å². The molecule has 470 valence electrons. The van der Waals surface area contributed by atoms with Crippen molar-refractivity contribution in [3.8, 4) is 0 Å². The number of rotatable bonds is 36. The smallest absolute Gasteiger partial charge is 0.460 e. The summed E-state index contributed by atoms with van der Waals surface area (Å²) in [5.41, 5.74) is -0.135. The highest BCUT2D eigenvalue weighted by Gasteiger charge is 2.65. The lowest BCUT2D eigenvalue weighted by Crippen LogP contribution is -2.58. The summed E-state index contributed by atoms with van der Waals surface area (Å²) in [6, 6.07) is 2.40. The first-order chi connectivity index (χ1) is 36.9. The number of carbonyl (C=O) groups excluding carboxylic acids is 4. The number of hydrogen-bond donors (Lipinski definition) is 1. The molecule has 0 radical (unpaired) electrons. The summed E-state index contributed by atoms with van der Waals surface area (Å²) in [5, 5.41) is 11.9. The molecule has 0 saturated carbocycles. The topological polar surface area (TPSA) is 175 Å². The van der Waals surface area contributed by atoms with Crippen molar-refractivity contribution in [1.82, 2.24) is 0 Å². The Morgan fingerprint density at radius 2 is 1.16 bits per heavy atom. The fourth-order valence-electron chi connectivity index (χ4n) is 9.93. The number of esters is 1. The Morgan fingerprint density at radius 1 is 0.691 bits per heavy atom. The number of methoxy groups -OCH3 is 1. The van der Waals surface area contributed by atoms with Gasteiger partial charge in [-0.25, -0.2) is 9.59 Å². The van der Waals surface area contributed by atoms with Gasteiger partial charge in [-0.05, 0) is 98.9 Å². The first kappa shape index (κ1) is 76.6. The molecule has 1 rings (SSSR count). The van der Waals surface area contributed by atoms with Crippen LogP contribution in [0.25, 0.3) is 0 Å². The van der Waals surface area contributed by atoms with Gasteiger partial charge in [0.15, 0.2) is 39.4 Å². The van der Waals surface area contributed by atoms with Crippen molar-refractivity contribution < 1.29 is 65.7 Å². The van der Waals surface area contributed by atoms with Crippen molar-refractivity contribution in [2.75, 3.05) is 26.9 Å². The lowest BCUT2D eigenvalue weighted by molar-refractivity contribution is -0.162. The molecule has 1 N–H and O–H groups in total. The highest BCUT2D eigenvalue weighted by Crippen LogP contribution is 2.52. The number of hydrogen-bond acceptors (Lipinski definition) is 14. The molecule has 14 atom stereocenters. The minimum Gasteiger partial charge on any atom is -0.460 e. The lowest BCUT2D eigenvalue weighted by atomic mass is 9.78. The average Bonchev–Trinajstić information content (AvgIpc) is 4.07. The minimum atomic E-state index is -2.61. The van der Waals surface area contributed by atoms with Crippen LogP contribution in [0.4, 0.5) is 4.79 Å². The lowest BCUT2D eigenvalue weighted by Gasteiger charge is -2.47. The van der Waals surface area contributed by atoms with Gasteiger partial charge in [0, 0.05) is 49.0 Å². The van der Waals surface area contributed by atoms with Gasteiger partial charge in [0.1, 0.15) is 43.1 Å². The van der Waals surface area contributed by atoms with Crippen molar-refractivity contribution in [1.29, 1.82) is 0 Å². The maximum atomic E-state index is 15.1. The van der Waals surface area contributed by atoms with Crippen molar-refractivity contribution in [2.24, 2.45) is 35.5 Å². The van der Waals surface area contributed by atoms with E-state index in [-0.39, 0.29) is 64.9 Å². The van der Waals surface area contributed by atoms with Gasteiger partial charge in [-0.1, -0.05) is 161 Å². The zero-order valence-electron chi connectivity index (χ0n) is 56.0. The number of aliphatic hydroxyl groups is 1. The number of allylic oxidation sites excluding steroid dienone is 2. The molecule has 0 bridgehead atoms. The summed E-state index contributed by atoms with van der Waals surface area (Å²) in [5.74, 6) is -4.64. The summed E-state index contributed by atoms with van der Waals surface area (Å²) in [4.78, 5) is 57.0. The SMILES string of the molecule is C=CCOC(=O)OC[C@@H]([C@H](O[Si](CC)(CC)CC)[C@H](C)[C@@H](O)CC(=O)[C@@H](C)/C=C(\C)[C@H](O[Si](C)(C)C(C)(C)C)[C@@H](C)C(=O)[C@@H](C)[C@H](OC)[C@@H](O[Si](C)(C)C(C)(C)C)C(=O)OCC=C)[C@H](O[Si](C)(C)C(C)(C)C)[C@]1(C)O[C@@H]1[C@@H](C)/C=C\C. The van der Waals surface area contributed by atoms with E-state index in [4.69, 9.17) is 41.4 Å². The Hall–Kier alpha value is -2.37. The van der Waals surface area contributed by atoms with Gasteiger partial charge in [0.25, 0.3) is 0 Å². The molecule has 1 heterocycles. The maximum Gasteiger partial charge on any atom is 0.508 e. The molecule has 1 saturated heterocycles. The Balaban J connectivity index is 4.11. The molecule has 0 aliphatic carbocycles. The molecule has 0 amide bonds. The molecule has 1 aliphatic heterocycles. The van der Waals surface area contributed by atoms with Crippen LogP contribution in [0.2, 0.25) is 72.5 Å². The van der Waals surface area contributed by atoms with Gasteiger partial charge >= 0.3 is 12.1 Å². The van der Waals surface area contributed by atoms with Crippen molar-refractivity contribution >= 4 is 57.0 Å². The van der Waals surface area contributed by atoms with Crippen LogP contribution in [-0.2, 0) is 55.8 Å². The quantitative estimate of drug-likeness (QED) is 0.0271. The van der Waals surface area contributed by atoms with E-state index in [1.54, 1.807) is 6.92 Å². The molecule has 14 nitrogen and oxygen atoms in total. The monoisotopic (exact) mass is 1210 g/mol. The van der Waals surface area contributed by atoms with Crippen LogP contribution in [0.15, 0.2) is 49.1 Å². The second kappa shape index (κ2) is 31.3. The Morgan fingerprint density at radius 3 is 1.60 bits per heavy atom.